The molecule has 3 nitrogen and oxygen atoms in total. The highest BCUT2D eigenvalue weighted by molar-refractivity contribution is 6.00. The molecule has 0 aliphatic carbocycles. The standard InChI is InChI=1S/C16H20O3/c1-4-5-6-9-18-12-7-8-13-14(17)11-16(2,3)19-15(13)10-12/h4,7-8,10H,1,5-6,9,11H2,2-3H3. The van der Waals surface area contributed by atoms with E-state index in [0.717, 1.165) is 18.6 Å². The summed E-state index contributed by atoms with van der Waals surface area (Å²) in [6, 6.07) is 5.42. The summed E-state index contributed by atoms with van der Waals surface area (Å²) in [5.74, 6) is 1.50. The Bertz CT molecular complexity index is 489. The van der Waals surface area contributed by atoms with E-state index in [4.69, 9.17) is 9.47 Å². The van der Waals surface area contributed by atoms with E-state index in [-0.39, 0.29) is 5.78 Å². The zero-order valence-electron chi connectivity index (χ0n) is 11.6. The number of benzene rings is 1. The molecule has 0 radical (unpaired) electrons. The van der Waals surface area contributed by atoms with Crippen LogP contribution in [0.4, 0.5) is 0 Å². The zero-order valence-corrected chi connectivity index (χ0v) is 11.6. The van der Waals surface area contributed by atoms with Crippen molar-refractivity contribution in [3.05, 3.63) is 36.4 Å². The molecule has 1 heterocycles. The summed E-state index contributed by atoms with van der Waals surface area (Å²) in [7, 11) is 0. The highest BCUT2D eigenvalue weighted by Gasteiger charge is 2.32. The second-order valence-electron chi connectivity index (χ2n) is 5.40. The number of ketones is 1. The highest BCUT2D eigenvalue weighted by Crippen LogP contribution is 2.35. The van der Waals surface area contributed by atoms with E-state index >= 15 is 0 Å². The molecule has 0 N–H and O–H groups in total. The van der Waals surface area contributed by atoms with E-state index in [1.54, 1.807) is 6.07 Å². The maximum atomic E-state index is 12.0. The molecule has 3 heteroatoms. The molecule has 2 rings (SSSR count). The minimum Gasteiger partial charge on any atom is -0.493 e. The van der Waals surface area contributed by atoms with E-state index in [1.165, 1.54) is 0 Å². The Kier molecular flexibility index (Phi) is 3.93. The van der Waals surface area contributed by atoms with Crippen LogP contribution in [0, 0.1) is 0 Å². The molecule has 0 unspecified atom stereocenters. The summed E-state index contributed by atoms with van der Waals surface area (Å²) in [5.41, 5.74) is 0.212. The van der Waals surface area contributed by atoms with Crippen molar-refractivity contribution >= 4 is 5.78 Å². The summed E-state index contributed by atoms with van der Waals surface area (Å²) in [4.78, 5) is 12.0. The second kappa shape index (κ2) is 5.47. The Balaban J connectivity index is 2.10. The van der Waals surface area contributed by atoms with E-state index < -0.39 is 5.60 Å². The van der Waals surface area contributed by atoms with Crippen molar-refractivity contribution in [3.63, 3.8) is 0 Å². The van der Waals surface area contributed by atoms with Crippen molar-refractivity contribution in [1.29, 1.82) is 0 Å². The number of rotatable bonds is 5. The summed E-state index contributed by atoms with van der Waals surface area (Å²) in [6.45, 7) is 8.16. The van der Waals surface area contributed by atoms with Gasteiger partial charge in [-0.15, -0.1) is 6.58 Å². The third-order valence-electron chi connectivity index (χ3n) is 3.05. The molecule has 0 spiro atoms. The van der Waals surface area contributed by atoms with Crippen molar-refractivity contribution in [3.8, 4) is 11.5 Å². The third kappa shape index (κ3) is 3.37. The van der Waals surface area contributed by atoms with Crippen LogP contribution in [-0.4, -0.2) is 18.0 Å². The van der Waals surface area contributed by atoms with Crippen LogP contribution in [0.3, 0.4) is 0 Å². The maximum Gasteiger partial charge on any atom is 0.170 e. The normalized spacial score (nSPS) is 16.4. The topological polar surface area (TPSA) is 35.5 Å². The maximum absolute atomic E-state index is 12.0. The average molecular weight is 260 g/mol. The van der Waals surface area contributed by atoms with Crippen molar-refractivity contribution < 1.29 is 14.3 Å². The van der Waals surface area contributed by atoms with Crippen molar-refractivity contribution in [1.82, 2.24) is 0 Å². The fourth-order valence-corrected chi connectivity index (χ4v) is 2.14. The van der Waals surface area contributed by atoms with Crippen LogP contribution < -0.4 is 9.47 Å². The Morgan fingerprint density at radius 1 is 1.47 bits per heavy atom. The van der Waals surface area contributed by atoms with Gasteiger partial charge in [-0.1, -0.05) is 6.08 Å². The predicted octanol–water partition coefficient (Wildman–Crippen LogP) is 3.78. The largest absolute Gasteiger partial charge is 0.493 e. The molecule has 0 bridgehead atoms. The molecule has 0 amide bonds. The molecule has 1 aromatic carbocycles. The summed E-state index contributed by atoms with van der Waals surface area (Å²) in [6.07, 6.45) is 4.17. The Morgan fingerprint density at radius 3 is 3.00 bits per heavy atom. The fourth-order valence-electron chi connectivity index (χ4n) is 2.14. The molecule has 102 valence electrons. The number of carbonyl (C=O) groups excluding carboxylic acids is 1. The van der Waals surface area contributed by atoms with Crippen LogP contribution >= 0.6 is 0 Å². The Morgan fingerprint density at radius 2 is 2.26 bits per heavy atom. The van der Waals surface area contributed by atoms with E-state index in [1.807, 2.05) is 32.1 Å². The number of allylic oxidation sites excluding steroid dienone is 1. The minimum atomic E-state index is -0.439. The van der Waals surface area contributed by atoms with Crippen LogP contribution in [0.25, 0.3) is 0 Å². The fraction of sp³-hybridized carbons (Fsp3) is 0.438. The lowest BCUT2D eigenvalue weighted by atomic mass is 9.93. The Hall–Kier alpha value is -1.77. The third-order valence-corrected chi connectivity index (χ3v) is 3.05. The first kappa shape index (κ1) is 13.7. The van der Waals surface area contributed by atoms with E-state index in [9.17, 15) is 4.79 Å². The van der Waals surface area contributed by atoms with Gasteiger partial charge in [-0.2, -0.15) is 0 Å². The van der Waals surface area contributed by atoms with Gasteiger partial charge in [-0.3, -0.25) is 4.79 Å². The molecule has 0 aromatic heterocycles. The molecule has 1 aromatic rings. The molecule has 1 aliphatic rings. The summed E-state index contributed by atoms with van der Waals surface area (Å²) >= 11 is 0. The van der Waals surface area contributed by atoms with Gasteiger partial charge in [-0.25, -0.2) is 0 Å². The van der Waals surface area contributed by atoms with Crippen molar-refractivity contribution in [2.24, 2.45) is 0 Å². The first-order valence-electron chi connectivity index (χ1n) is 6.62. The smallest absolute Gasteiger partial charge is 0.170 e. The van der Waals surface area contributed by atoms with Crippen LogP contribution in [0.15, 0.2) is 30.9 Å². The summed E-state index contributed by atoms with van der Waals surface area (Å²) in [5, 5.41) is 0. The quantitative estimate of drug-likeness (QED) is 0.597. The van der Waals surface area contributed by atoms with Gasteiger partial charge in [0.05, 0.1) is 18.6 Å². The summed E-state index contributed by atoms with van der Waals surface area (Å²) < 4.78 is 11.5. The number of fused-ring (bicyclic) bond motifs is 1. The first-order valence-corrected chi connectivity index (χ1v) is 6.62. The highest BCUT2D eigenvalue weighted by atomic mass is 16.5. The molecular weight excluding hydrogens is 240 g/mol. The molecule has 1 aliphatic heterocycles. The number of hydrogen-bond donors (Lipinski definition) is 0. The lowest BCUT2D eigenvalue weighted by molar-refractivity contribution is 0.0618. The predicted molar refractivity (Wildman–Crippen MR) is 75.0 cm³/mol. The first-order chi connectivity index (χ1) is 9.02. The van der Waals surface area contributed by atoms with Gasteiger partial charge in [0, 0.05) is 6.07 Å². The zero-order chi connectivity index (χ0) is 13.9. The lowest BCUT2D eigenvalue weighted by Crippen LogP contribution is -2.35. The van der Waals surface area contributed by atoms with Gasteiger partial charge >= 0.3 is 0 Å². The van der Waals surface area contributed by atoms with E-state index in [0.29, 0.717) is 24.3 Å². The van der Waals surface area contributed by atoms with Gasteiger partial charge in [-0.05, 0) is 38.8 Å². The van der Waals surface area contributed by atoms with Gasteiger partial charge < -0.3 is 9.47 Å². The molecule has 0 atom stereocenters. The van der Waals surface area contributed by atoms with Gasteiger partial charge in [0.15, 0.2) is 5.78 Å². The number of ether oxygens (including phenoxy) is 2. The molecular formula is C16H20O3. The van der Waals surface area contributed by atoms with E-state index in [2.05, 4.69) is 6.58 Å². The second-order valence-corrected chi connectivity index (χ2v) is 5.40. The van der Waals surface area contributed by atoms with Crippen LogP contribution in [0.5, 0.6) is 11.5 Å². The van der Waals surface area contributed by atoms with Crippen LogP contribution in [-0.2, 0) is 0 Å². The van der Waals surface area contributed by atoms with Crippen molar-refractivity contribution in [2.45, 2.75) is 38.7 Å². The lowest BCUT2D eigenvalue weighted by Gasteiger charge is -2.31. The number of unbranched alkanes of at least 4 members (excludes halogenated alkanes) is 1. The Labute approximate surface area is 114 Å². The number of carbonyl (C=O) groups is 1. The van der Waals surface area contributed by atoms with Crippen LogP contribution in [0.2, 0.25) is 0 Å². The number of Topliss-reactive ketones (excluding diaryl/α,β-unsaturated/α-hetero) is 1. The number of hydrogen-bond acceptors (Lipinski definition) is 3. The minimum absolute atomic E-state index is 0.129. The van der Waals surface area contributed by atoms with Gasteiger partial charge in [0.1, 0.15) is 17.1 Å². The monoisotopic (exact) mass is 260 g/mol. The van der Waals surface area contributed by atoms with Crippen LogP contribution in [0.1, 0.15) is 43.5 Å². The van der Waals surface area contributed by atoms with Gasteiger partial charge in [0.2, 0.25) is 0 Å². The van der Waals surface area contributed by atoms with Crippen molar-refractivity contribution in [2.75, 3.05) is 6.61 Å². The van der Waals surface area contributed by atoms with Gasteiger partial charge in [0.25, 0.3) is 0 Å². The molecule has 19 heavy (non-hydrogen) atoms. The SMILES string of the molecule is C=CCCCOc1ccc2c(c1)OC(C)(C)CC2=O. The molecule has 0 saturated carbocycles. The molecule has 0 fully saturated rings. The molecule has 0 saturated heterocycles. The average Bonchev–Trinajstić information content (AvgIpc) is 2.32.